The average molecular weight is 263 g/mol. The van der Waals surface area contributed by atoms with Gasteiger partial charge in [-0.1, -0.05) is 13.5 Å². The first-order chi connectivity index (χ1) is 7.61. The molecule has 100 valence electrons. The van der Waals surface area contributed by atoms with Gasteiger partial charge in [-0.15, -0.1) is 0 Å². The summed E-state index contributed by atoms with van der Waals surface area (Å²) in [6, 6.07) is 0. The van der Waals surface area contributed by atoms with Gasteiger partial charge in [-0.3, -0.25) is 4.99 Å². The predicted octanol–water partition coefficient (Wildman–Crippen LogP) is 3.49. The molecule has 0 aliphatic rings. The molecule has 0 fully saturated rings. The lowest BCUT2D eigenvalue weighted by atomic mass is 10.3. The van der Waals surface area contributed by atoms with Gasteiger partial charge in [-0.25, -0.2) is 4.39 Å². The maximum absolute atomic E-state index is 12.5. The number of aliphatic imine (C=N–C) groups is 1. The maximum Gasteiger partial charge on any atom is 0.428 e. The fourth-order valence-electron chi connectivity index (χ4n) is 0.670. The molecule has 0 saturated carbocycles. The Morgan fingerprint density at radius 2 is 1.88 bits per heavy atom. The number of nitrogens with zero attached hydrogens (tertiary/aromatic N) is 1. The summed E-state index contributed by atoms with van der Waals surface area (Å²) in [5.74, 6) is 0. The zero-order valence-corrected chi connectivity index (χ0v) is 8.90. The van der Waals surface area contributed by atoms with Crippen molar-refractivity contribution in [2.24, 2.45) is 4.99 Å². The minimum atomic E-state index is -5.67. The molecule has 0 bridgehead atoms. The van der Waals surface area contributed by atoms with Crippen molar-refractivity contribution in [3.05, 3.63) is 12.3 Å². The van der Waals surface area contributed by atoms with Crippen LogP contribution in [0.5, 0.6) is 0 Å². The normalized spacial score (nSPS) is 15.2. The molecule has 0 heterocycles. The molecule has 0 amide bonds. The van der Waals surface area contributed by atoms with Gasteiger partial charge in [0.25, 0.3) is 6.17 Å². The summed E-state index contributed by atoms with van der Waals surface area (Å²) in [7, 11) is 0. The van der Waals surface area contributed by atoms with Crippen molar-refractivity contribution in [3.63, 3.8) is 0 Å². The lowest BCUT2D eigenvalue weighted by Crippen LogP contribution is -2.43. The van der Waals surface area contributed by atoms with Crippen LogP contribution >= 0.6 is 0 Å². The third kappa shape index (κ3) is 5.71. The van der Waals surface area contributed by atoms with Crippen molar-refractivity contribution < 1.29 is 31.1 Å². The molecule has 0 saturated heterocycles. The fraction of sp³-hybridized carbons (Fsp3) is 0.667. The summed E-state index contributed by atoms with van der Waals surface area (Å²) in [5, 5.41) is 0. The number of alkyl halides is 6. The van der Waals surface area contributed by atoms with Gasteiger partial charge in [0.05, 0.1) is 6.61 Å². The van der Waals surface area contributed by atoms with Crippen molar-refractivity contribution in [2.75, 3.05) is 6.61 Å². The first-order valence-corrected chi connectivity index (χ1v) is 4.54. The van der Waals surface area contributed by atoms with E-state index in [0.717, 1.165) is 6.21 Å². The SMILES string of the molecule is C=C(CC)N=CCOC(F)(F)C(F)C(F)(F)F. The fourth-order valence-corrected chi connectivity index (χ4v) is 0.670. The van der Waals surface area contributed by atoms with Crippen LogP contribution in [0.25, 0.3) is 0 Å². The number of allylic oxidation sites excluding steroid dienone is 1. The molecule has 0 rings (SSSR count). The summed E-state index contributed by atoms with van der Waals surface area (Å²) >= 11 is 0. The molecule has 17 heavy (non-hydrogen) atoms. The predicted molar refractivity (Wildman–Crippen MR) is 49.8 cm³/mol. The Hall–Kier alpha value is -1.05. The summed E-state index contributed by atoms with van der Waals surface area (Å²) in [5.41, 5.74) is 0.338. The maximum atomic E-state index is 12.5. The molecule has 8 heteroatoms. The second kappa shape index (κ2) is 6.04. The molecular weight excluding hydrogens is 252 g/mol. The van der Waals surface area contributed by atoms with E-state index in [1.54, 1.807) is 6.92 Å². The molecule has 2 nitrogen and oxygen atoms in total. The van der Waals surface area contributed by atoms with Crippen LogP contribution in [0.3, 0.4) is 0 Å². The average Bonchev–Trinajstić information content (AvgIpc) is 2.21. The van der Waals surface area contributed by atoms with E-state index in [2.05, 4.69) is 16.3 Å². The van der Waals surface area contributed by atoms with E-state index in [9.17, 15) is 26.3 Å². The van der Waals surface area contributed by atoms with E-state index in [1.165, 1.54) is 0 Å². The number of hydrogen-bond acceptors (Lipinski definition) is 2. The van der Waals surface area contributed by atoms with Gasteiger partial charge in [0.2, 0.25) is 0 Å². The second-order valence-corrected chi connectivity index (χ2v) is 3.01. The first-order valence-electron chi connectivity index (χ1n) is 4.54. The van der Waals surface area contributed by atoms with Gasteiger partial charge in [0, 0.05) is 11.9 Å². The van der Waals surface area contributed by atoms with Crippen LogP contribution in [-0.4, -0.2) is 31.3 Å². The van der Waals surface area contributed by atoms with Crippen LogP contribution in [0.2, 0.25) is 0 Å². The van der Waals surface area contributed by atoms with Crippen LogP contribution in [0.15, 0.2) is 17.3 Å². The molecule has 0 spiro atoms. The van der Waals surface area contributed by atoms with Crippen molar-refractivity contribution in [1.82, 2.24) is 0 Å². The van der Waals surface area contributed by atoms with Crippen LogP contribution in [0, 0.1) is 0 Å². The third-order valence-corrected chi connectivity index (χ3v) is 1.61. The summed E-state index contributed by atoms with van der Waals surface area (Å²) in [4.78, 5) is 3.49. The Morgan fingerprint density at radius 3 is 2.29 bits per heavy atom. The molecule has 1 unspecified atom stereocenters. The lowest BCUT2D eigenvalue weighted by molar-refractivity contribution is -0.330. The minimum Gasteiger partial charge on any atom is -0.312 e. The summed E-state index contributed by atoms with van der Waals surface area (Å²) < 4.78 is 75.8. The van der Waals surface area contributed by atoms with Gasteiger partial charge < -0.3 is 4.74 Å². The largest absolute Gasteiger partial charge is 0.428 e. The van der Waals surface area contributed by atoms with E-state index in [1.807, 2.05) is 0 Å². The van der Waals surface area contributed by atoms with Crippen LogP contribution in [-0.2, 0) is 4.74 Å². The van der Waals surface area contributed by atoms with Gasteiger partial charge in [-0.2, -0.15) is 22.0 Å². The number of hydrogen-bond donors (Lipinski definition) is 0. The Morgan fingerprint density at radius 1 is 1.35 bits per heavy atom. The molecular formula is C9H11F6NO. The topological polar surface area (TPSA) is 21.6 Å². The Bertz CT molecular complexity index is 286. The molecule has 0 aliphatic heterocycles. The highest BCUT2D eigenvalue weighted by atomic mass is 19.4. The summed E-state index contributed by atoms with van der Waals surface area (Å²) in [6.07, 6.45) is -13.7. The Balaban J connectivity index is 4.28. The zero-order valence-electron chi connectivity index (χ0n) is 8.90. The highest BCUT2D eigenvalue weighted by Crippen LogP contribution is 2.35. The molecule has 0 aromatic rings. The second-order valence-electron chi connectivity index (χ2n) is 3.01. The van der Waals surface area contributed by atoms with Crippen LogP contribution in [0.4, 0.5) is 26.3 Å². The molecule has 0 aromatic carbocycles. The van der Waals surface area contributed by atoms with Gasteiger partial charge >= 0.3 is 12.3 Å². The van der Waals surface area contributed by atoms with E-state index >= 15 is 0 Å². The quantitative estimate of drug-likeness (QED) is 0.531. The lowest BCUT2D eigenvalue weighted by Gasteiger charge is -2.21. The molecule has 0 N–H and O–H groups in total. The third-order valence-electron chi connectivity index (χ3n) is 1.61. The number of halogens is 6. The highest BCUT2D eigenvalue weighted by Gasteiger charge is 2.58. The molecule has 1 atom stereocenters. The summed E-state index contributed by atoms with van der Waals surface area (Å²) in [6.45, 7) is 4.14. The van der Waals surface area contributed by atoms with Crippen molar-refractivity contribution >= 4 is 6.21 Å². The van der Waals surface area contributed by atoms with Gasteiger partial charge in [0.15, 0.2) is 0 Å². The van der Waals surface area contributed by atoms with E-state index in [0.29, 0.717) is 12.1 Å². The minimum absolute atomic E-state index is 0.338. The van der Waals surface area contributed by atoms with E-state index in [4.69, 9.17) is 0 Å². The van der Waals surface area contributed by atoms with Crippen LogP contribution < -0.4 is 0 Å². The number of rotatable bonds is 6. The van der Waals surface area contributed by atoms with Gasteiger partial charge in [0.1, 0.15) is 0 Å². The monoisotopic (exact) mass is 263 g/mol. The molecule has 0 aromatic heterocycles. The van der Waals surface area contributed by atoms with Crippen molar-refractivity contribution in [1.29, 1.82) is 0 Å². The van der Waals surface area contributed by atoms with Crippen LogP contribution in [0.1, 0.15) is 13.3 Å². The standard InChI is InChI=1S/C9H11F6NO/c1-3-6(2)16-4-5-17-9(14,15)7(10)8(11,12)13/h4,7H,2-3,5H2,1H3. The van der Waals surface area contributed by atoms with E-state index in [-0.39, 0.29) is 0 Å². The van der Waals surface area contributed by atoms with Crippen molar-refractivity contribution in [3.8, 4) is 0 Å². The van der Waals surface area contributed by atoms with Crippen molar-refractivity contribution in [2.45, 2.75) is 31.8 Å². The van der Waals surface area contributed by atoms with Gasteiger partial charge in [-0.05, 0) is 6.42 Å². The number of ether oxygens (including phenoxy) is 1. The molecule has 0 aliphatic carbocycles. The molecule has 0 radical (unpaired) electrons. The zero-order chi connectivity index (χ0) is 13.7. The Labute approximate surface area is 94.0 Å². The Kier molecular flexibility index (Phi) is 5.67. The first kappa shape index (κ1) is 16.0. The van der Waals surface area contributed by atoms with E-state index < -0.39 is 25.1 Å². The highest BCUT2D eigenvalue weighted by molar-refractivity contribution is 5.60. The smallest absolute Gasteiger partial charge is 0.312 e.